The van der Waals surface area contributed by atoms with Crippen molar-refractivity contribution in [3.8, 4) is 0 Å². The molecule has 1 N–H and O–H groups in total. The van der Waals surface area contributed by atoms with E-state index in [4.69, 9.17) is 4.98 Å². The number of hydrogen-bond acceptors (Lipinski definition) is 3. The summed E-state index contributed by atoms with van der Waals surface area (Å²) in [4.78, 5) is 14.7. The van der Waals surface area contributed by atoms with Crippen LogP contribution in [0.15, 0.2) is 30.6 Å². The van der Waals surface area contributed by atoms with E-state index >= 15 is 0 Å². The van der Waals surface area contributed by atoms with Gasteiger partial charge in [0.25, 0.3) is 0 Å². The number of aromatic amines is 1. The number of hydrogen-bond donors (Lipinski definition) is 1. The molecule has 1 aliphatic rings. The third-order valence-electron chi connectivity index (χ3n) is 3.92. The zero-order valence-corrected chi connectivity index (χ0v) is 10.8. The predicted molar refractivity (Wildman–Crippen MR) is 77.5 cm³/mol. The van der Waals surface area contributed by atoms with Crippen LogP contribution < -0.4 is 4.90 Å². The molecule has 4 rings (SSSR count). The van der Waals surface area contributed by atoms with Gasteiger partial charge in [-0.25, -0.2) is 4.98 Å². The molecule has 3 aromatic rings. The van der Waals surface area contributed by atoms with Gasteiger partial charge in [0.15, 0.2) is 0 Å². The van der Waals surface area contributed by atoms with Crippen LogP contribution in [0.3, 0.4) is 0 Å². The Hall–Kier alpha value is -2.10. The molecule has 1 saturated heterocycles. The molecule has 0 atom stereocenters. The molecule has 4 heterocycles. The average Bonchev–Trinajstić information content (AvgIpc) is 2.86. The van der Waals surface area contributed by atoms with Gasteiger partial charge >= 0.3 is 0 Å². The molecule has 0 amide bonds. The Morgan fingerprint density at radius 3 is 2.79 bits per heavy atom. The van der Waals surface area contributed by atoms with Crippen molar-refractivity contribution in [3.63, 3.8) is 0 Å². The van der Waals surface area contributed by atoms with E-state index in [1.54, 1.807) is 0 Å². The molecule has 0 aromatic carbocycles. The summed E-state index contributed by atoms with van der Waals surface area (Å²) < 4.78 is 0. The summed E-state index contributed by atoms with van der Waals surface area (Å²) in [6.07, 6.45) is 7.60. The highest BCUT2D eigenvalue weighted by atomic mass is 15.2. The Balaban J connectivity index is 1.84. The van der Waals surface area contributed by atoms with E-state index in [0.29, 0.717) is 0 Å². The van der Waals surface area contributed by atoms with Crippen molar-refractivity contribution in [1.82, 2.24) is 15.0 Å². The van der Waals surface area contributed by atoms with Crippen LogP contribution in [0.5, 0.6) is 0 Å². The molecular formula is C15H16N4. The highest BCUT2D eigenvalue weighted by molar-refractivity contribution is 6.05. The van der Waals surface area contributed by atoms with E-state index in [2.05, 4.69) is 27.0 Å². The highest BCUT2D eigenvalue weighted by Gasteiger charge is 2.13. The van der Waals surface area contributed by atoms with Gasteiger partial charge in [-0.2, -0.15) is 0 Å². The van der Waals surface area contributed by atoms with Crippen LogP contribution in [0.25, 0.3) is 21.9 Å². The third kappa shape index (κ3) is 1.75. The first kappa shape index (κ1) is 10.8. The van der Waals surface area contributed by atoms with Crippen molar-refractivity contribution in [2.24, 2.45) is 0 Å². The summed E-state index contributed by atoms with van der Waals surface area (Å²) in [7, 11) is 0. The number of aromatic nitrogens is 3. The molecular weight excluding hydrogens is 236 g/mol. The summed E-state index contributed by atoms with van der Waals surface area (Å²) in [5, 5.41) is 2.30. The Labute approximate surface area is 111 Å². The first-order chi connectivity index (χ1) is 9.42. The Morgan fingerprint density at radius 2 is 1.89 bits per heavy atom. The lowest BCUT2D eigenvalue weighted by molar-refractivity contribution is 0.574. The van der Waals surface area contributed by atoms with Crippen molar-refractivity contribution in [3.05, 3.63) is 30.6 Å². The van der Waals surface area contributed by atoms with Crippen LogP contribution in [0.4, 0.5) is 5.82 Å². The maximum atomic E-state index is 4.78. The standard InChI is InChI=1S/C15H16N4/c1-2-8-19(9-3-1)14-5-4-11-12-10-16-7-6-13(12)17-15(11)18-14/h4-7,10H,1-3,8-9H2,(H,17,18). The zero-order valence-electron chi connectivity index (χ0n) is 10.8. The number of anilines is 1. The summed E-state index contributed by atoms with van der Waals surface area (Å²) in [6, 6.07) is 6.29. The molecule has 0 bridgehead atoms. The largest absolute Gasteiger partial charge is 0.357 e. The molecule has 0 spiro atoms. The number of nitrogens with one attached hydrogen (secondary N) is 1. The van der Waals surface area contributed by atoms with Gasteiger partial charge in [-0.05, 0) is 37.5 Å². The van der Waals surface area contributed by atoms with Crippen LogP contribution in [0, 0.1) is 0 Å². The van der Waals surface area contributed by atoms with E-state index in [-0.39, 0.29) is 0 Å². The fourth-order valence-corrected chi connectivity index (χ4v) is 2.91. The van der Waals surface area contributed by atoms with Crippen LogP contribution in [-0.4, -0.2) is 28.0 Å². The molecule has 4 heteroatoms. The Bertz CT molecular complexity index is 725. The second-order valence-corrected chi connectivity index (χ2v) is 5.16. The molecule has 19 heavy (non-hydrogen) atoms. The number of piperidine rings is 1. The van der Waals surface area contributed by atoms with Gasteiger partial charge in [-0.15, -0.1) is 0 Å². The number of rotatable bonds is 1. The minimum absolute atomic E-state index is 0.964. The van der Waals surface area contributed by atoms with Gasteiger partial charge in [0.2, 0.25) is 0 Å². The number of H-pyrrole nitrogens is 1. The fraction of sp³-hybridized carbons (Fsp3) is 0.333. The number of nitrogens with zero attached hydrogens (tertiary/aromatic N) is 3. The second-order valence-electron chi connectivity index (χ2n) is 5.16. The van der Waals surface area contributed by atoms with E-state index < -0.39 is 0 Å². The van der Waals surface area contributed by atoms with Crippen LogP contribution >= 0.6 is 0 Å². The molecule has 0 unspecified atom stereocenters. The minimum atomic E-state index is 0.964. The molecule has 4 nitrogen and oxygen atoms in total. The summed E-state index contributed by atoms with van der Waals surface area (Å²) in [5.41, 5.74) is 2.07. The normalized spacial score (nSPS) is 16.3. The van der Waals surface area contributed by atoms with Crippen LogP contribution in [0.2, 0.25) is 0 Å². The van der Waals surface area contributed by atoms with E-state index in [0.717, 1.165) is 40.8 Å². The summed E-state index contributed by atoms with van der Waals surface area (Å²) in [6.45, 7) is 2.25. The van der Waals surface area contributed by atoms with Gasteiger partial charge < -0.3 is 9.88 Å². The molecule has 3 aromatic heterocycles. The molecule has 0 radical (unpaired) electrons. The predicted octanol–water partition coefficient (Wildman–Crippen LogP) is 3.10. The lowest BCUT2D eigenvalue weighted by Gasteiger charge is -2.27. The Morgan fingerprint density at radius 1 is 1.00 bits per heavy atom. The minimum Gasteiger partial charge on any atom is -0.357 e. The summed E-state index contributed by atoms with van der Waals surface area (Å²) in [5.74, 6) is 1.09. The van der Waals surface area contributed by atoms with E-state index in [1.807, 2.05) is 18.5 Å². The molecule has 0 saturated carbocycles. The maximum Gasteiger partial charge on any atom is 0.140 e. The quantitative estimate of drug-likeness (QED) is 0.723. The smallest absolute Gasteiger partial charge is 0.140 e. The van der Waals surface area contributed by atoms with Crippen molar-refractivity contribution >= 4 is 27.8 Å². The zero-order chi connectivity index (χ0) is 12.7. The molecule has 96 valence electrons. The van der Waals surface area contributed by atoms with Crippen LogP contribution in [0.1, 0.15) is 19.3 Å². The van der Waals surface area contributed by atoms with E-state index in [9.17, 15) is 0 Å². The molecule has 1 fully saturated rings. The second kappa shape index (κ2) is 4.23. The third-order valence-corrected chi connectivity index (χ3v) is 3.92. The topological polar surface area (TPSA) is 44.8 Å². The Kier molecular flexibility index (Phi) is 2.40. The van der Waals surface area contributed by atoms with Crippen LogP contribution in [-0.2, 0) is 0 Å². The lowest BCUT2D eigenvalue weighted by Crippen LogP contribution is -2.30. The van der Waals surface area contributed by atoms with Gasteiger partial charge in [0.05, 0.1) is 5.52 Å². The first-order valence-corrected chi connectivity index (χ1v) is 6.89. The van der Waals surface area contributed by atoms with Crippen molar-refractivity contribution in [2.45, 2.75) is 19.3 Å². The van der Waals surface area contributed by atoms with E-state index in [1.165, 1.54) is 19.3 Å². The number of pyridine rings is 2. The van der Waals surface area contributed by atoms with Gasteiger partial charge in [0, 0.05) is 36.3 Å². The van der Waals surface area contributed by atoms with Gasteiger partial charge in [-0.1, -0.05) is 0 Å². The summed E-state index contributed by atoms with van der Waals surface area (Å²) >= 11 is 0. The first-order valence-electron chi connectivity index (χ1n) is 6.89. The van der Waals surface area contributed by atoms with Gasteiger partial charge in [-0.3, -0.25) is 4.98 Å². The monoisotopic (exact) mass is 252 g/mol. The lowest BCUT2D eigenvalue weighted by atomic mass is 10.1. The average molecular weight is 252 g/mol. The van der Waals surface area contributed by atoms with Crippen molar-refractivity contribution < 1.29 is 0 Å². The van der Waals surface area contributed by atoms with Crippen molar-refractivity contribution in [1.29, 1.82) is 0 Å². The number of fused-ring (bicyclic) bond motifs is 3. The SMILES string of the molecule is c1cc2[nH]c3nc(N4CCCCC4)ccc3c2cn1. The molecule has 1 aliphatic heterocycles. The van der Waals surface area contributed by atoms with Crippen molar-refractivity contribution in [2.75, 3.05) is 18.0 Å². The highest BCUT2D eigenvalue weighted by Crippen LogP contribution is 2.26. The molecule has 0 aliphatic carbocycles. The maximum absolute atomic E-state index is 4.78. The van der Waals surface area contributed by atoms with Gasteiger partial charge in [0.1, 0.15) is 11.5 Å². The fourth-order valence-electron chi connectivity index (χ4n) is 2.91.